The Labute approximate surface area is 231 Å². The van der Waals surface area contributed by atoms with Crippen LogP contribution in [0.4, 0.5) is 5.69 Å². The number of benzene rings is 2. The van der Waals surface area contributed by atoms with Gasteiger partial charge in [0.2, 0.25) is 21.8 Å². The number of hydrogen-bond acceptors (Lipinski definition) is 7. The number of furan rings is 1. The van der Waals surface area contributed by atoms with E-state index in [9.17, 15) is 23.1 Å². The van der Waals surface area contributed by atoms with Crippen molar-refractivity contribution in [2.45, 2.75) is 45.6 Å². The van der Waals surface area contributed by atoms with Gasteiger partial charge in [-0.1, -0.05) is 31.5 Å². The summed E-state index contributed by atoms with van der Waals surface area (Å²) < 4.78 is 42.1. The predicted molar refractivity (Wildman–Crippen MR) is 147 cm³/mol. The molecule has 1 atom stereocenters. The highest BCUT2D eigenvalue weighted by molar-refractivity contribution is 7.89. The summed E-state index contributed by atoms with van der Waals surface area (Å²) in [7, 11) is -4.21. The van der Waals surface area contributed by atoms with Gasteiger partial charge in [0, 0.05) is 17.2 Å². The maximum atomic E-state index is 13.5. The van der Waals surface area contributed by atoms with Crippen LogP contribution >= 0.6 is 0 Å². The zero-order valence-corrected chi connectivity index (χ0v) is 23.3. The molecule has 2 aromatic heterocycles. The number of carboxylic acid groups (broad SMARTS) is 1. The highest BCUT2D eigenvalue weighted by Crippen LogP contribution is 2.35. The smallest absolute Gasteiger partial charge is 0.356 e. The molecule has 0 saturated heterocycles. The van der Waals surface area contributed by atoms with Crippen molar-refractivity contribution in [1.82, 2.24) is 14.5 Å². The lowest BCUT2D eigenvalue weighted by molar-refractivity contribution is -0.119. The molecule has 0 bridgehead atoms. The van der Waals surface area contributed by atoms with Gasteiger partial charge in [-0.2, -0.15) is 9.78 Å². The third kappa shape index (κ3) is 6.24. The topological polar surface area (TPSA) is 153 Å². The highest BCUT2D eigenvalue weighted by atomic mass is 32.2. The Hall–Kier alpha value is -4.42. The summed E-state index contributed by atoms with van der Waals surface area (Å²) in [6, 6.07) is 14.6. The zero-order valence-electron chi connectivity index (χ0n) is 22.5. The molecular formula is C28H30N4O7S. The minimum atomic E-state index is -4.21. The van der Waals surface area contributed by atoms with Crippen LogP contribution in [0.3, 0.4) is 0 Å². The van der Waals surface area contributed by atoms with E-state index in [0.717, 1.165) is 5.56 Å². The van der Waals surface area contributed by atoms with Crippen molar-refractivity contribution >= 4 is 27.6 Å². The standard InChI is InChI=1S/C28H30N4O7S/c1-5-18(3)26(33)30-20-10-13-23(24(15-20)40(36,37)29-16-22-7-6-14-38-22)39-27-19(4)25(28(34)35)31-32(27)21-11-8-17(2)9-12-21/h6-15,18,29H,5,16H2,1-4H3,(H,30,33)(H,34,35). The zero-order chi connectivity index (χ0) is 29.0. The Morgan fingerprint density at radius 3 is 2.48 bits per heavy atom. The molecule has 0 fully saturated rings. The summed E-state index contributed by atoms with van der Waals surface area (Å²) in [6.07, 6.45) is 2.04. The molecule has 210 valence electrons. The monoisotopic (exact) mass is 566 g/mol. The summed E-state index contributed by atoms with van der Waals surface area (Å²) in [5, 5.41) is 16.7. The van der Waals surface area contributed by atoms with Crippen LogP contribution in [0.1, 0.15) is 47.6 Å². The molecule has 0 saturated carbocycles. The van der Waals surface area contributed by atoms with E-state index in [-0.39, 0.29) is 51.8 Å². The third-order valence-corrected chi connectivity index (χ3v) is 7.76. The summed E-state index contributed by atoms with van der Waals surface area (Å²) >= 11 is 0. The molecule has 40 heavy (non-hydrogen) atoms. The number of nitrogens with one attached hydrogen (secondary N) is 2. The van der Waals surface area contributed by atoms with E-state index in [1.807, 2.05) is 26.0 Å². The van der Waals surface area contributed by atoms with E-state index in [2.05, 4.69) is 15.1 Å². The van der Waals surface area contributed by atoms with Crippen LogP contribution in [-0.4, -0.2) is 35.2 Å². The van der Waals surface area contributed by atoms with Gasteiger partial charge in [-0.25, -0.2) is 17.9 Å². The van der Waals surface area contributed by atoms with E-state index in [1.54, 1.807) is 31.2 Å². The van der Waals surface area contributed by atoms with Crippen LogP contribution in [-0.2, 0) is 21.4 Å². The fourth-order valence-corrected chi connectivity index (χ4v) is 4.90. The number of carbonyl (C=O) groups is 2. The number of hydrogen-bond donors (Lipinski definition) is 3. The minimum Gasteiger partial charge on any atom is -0.476 e. The number of carbonyl (C=O) groups excluding carboxylic acids is 1. The van der Waals surface area contributed by atoms with Gasteiger partial charge in [0.15, 0.2) is 5.69 Å². The first-order valence-electron chi connectivity index (χ1n) is 12.5. The largest absolute Gasteiger partial charge is 0.476 e. The molecule has 4 rings (SSSR count). The summed E-state index contributed by atoms with van der Waals surface area (Å²) in [6.45, 7) is 6.96. The van der Waals surface area contributed by atoms with E-state index >= 15 is 0 Å². The fourth-order valence-electron chi connectivity index (χ4n) is 3.76. The van der Waals surface area contributed by atoms with Crippen molar-refractivity contribution in [2.24, 2.45) is 5.92 Å². The quantitative estimate of drug-likeness (QED) is 0.228. The van der Waals surface area contributed by atoms with Gasteiger partial charge >= 0.3 is 5.97 Å². The second-order valence-electron chi connectivity index (χ2n) is 9.30. The van der Waals surface area contributed by atoms with Crippen molar-refractivity contribution in [2.75, 3.05) is 5.32 Å². The van der Waals surface area contributed by atoms with Crippen molar-refractivity contribution < 1.29 is 32.3 Å². The van der Waals surface area contributed by atoms with Gasteiger partial charge < -0.3 is 19.6 Å². The Bertz CT molecular complexity index is 1630. The summed E-state index contributed by atoms with van der Waals surface area (Å²) in [5.41, 5.74) is 1.72. The lowest BCUT2D eigenvalue weighted by atomic mass is 10.1. The van der Waals surface area contributed by atoms with Gasteiger partial charge in [0.25, 0.3) is 0 Å². The van der Waals surface area contributed by atoms with Gasteiger partial charge in [0.05, 0.1) is 18.5 Å². The predicted octanol–water partition coefficient (Wildman–Crippen LogP) is 5.04. The Morgan fingerprint density at radius 2 is 1.85 bits per heavy atom. The summed E-state index contributed by atoms with van der Waals surface area (Å²) in [4.78, 5) is 24.1. The van der Waals surface area contributed by atoms with Gasteiger partial charge in [-0.3, -0.25) is 4.79 Å². The molecule has 2 aromatic carbocycles. The maximum Gasteiger partial charge on any atom is 0.356 e. The molecule has 4 aromatic rings. The minimum absolute atomic E-state index is 0.0279. The molecular weight excluding hydrogens is 536 g/mol. The number of carboxylic acids is 1. The first kappa shape index (κ1) is 28.6. The highest BCUT2D eigenvalue weighted by Gasteiger charge is 2.27. The lowest BCUT2D eigenvalue weighted by Gasteiger charge is -2.16. The third-order valence-electron chi connectivity index (χ3n) is 6.33. The van der Waals surface area contributed by atoms with Crippen molar-refractivity contribution in [3.63, 3.8) is 0 Å². The number of aromatic nitrogens is 2. The van der Waals surface area contributed by atoms with Gasteiger partial charge in [-0.15, -0.1) is 0 Å². The number of anilines is 1. The Balaban J connectivity index is 1.80. The van der Waals surface area contributed by atoms with Crippen LogP contribution in [0, 0.1) is 19.8 Å². The van der Waals surface area contributed by atoms with Crippen LogP contribution in [0.2, 0.25) is 0 Å². The first-order chi connectivity index (χ1) is 19.0. The number of aryl methyl sites for hydroxylation is 1. The van der Waals surface area contributed by atoms with E-state index in [4.69, 9.17) is 9.15 Å². The lowest BCUT2D eigenvalue weighted by Crippen LogP contribution is -2.24. The molecule has 1 amide bonds. The normalized spacial score (nSPS) is 12.2. The molecule has 0 radical (unpaired) electrons. The van der Waals surface area contributed by atoms with Crippen LogP contribution in [0.25, 0.3) is 5.69 Å². The molecule has 11 nitrogen and oxygen atoms in total. The summed E-state index contributed by atoms with van der Waals surface area (Å²) in [5.74, 6) is -1.48. The molecule has 0 aliphatic heterocycles. The second kappa shape index (κ2) is 11.8. The fraction of sp³-hybridized carbons (Fsp3) is 0.250. The number of ether oxygens (including phenoxy) is 1. The van der Waals surface area contributed by atoms with Gasteiger partial charge in [-0.05, 0) is 62.7 Å². The van der Waals surface area contributed by atoms with Crippen LogP contribution < -0.4 is 14.8 Å². The number of sulfonamides is 1. The van der Waals surface area contributed by atoms with E-state index in [0.29, 0.717) is 17.9 Å². The van der Waals surface area contributed by atoms with Crippen molar-refractivity contribution in [3.8, 4) is 17.3 Å². The molecule has 2 heterocycles. The molecule has 0 spiro atoms. The van der Waals surface area contributed by atoms with Crippen LogP contribution in [0.5, 0.6) is 11.6 Å². The van der Waals surface area contributed by atoms with Crippen molar-refractivity contribution in [3.05, 3.63) is 83.4 Å². The van der Waals surface area contributed by atoms with E-state index < -0.39 is 16.0 Å². The SMILES string of the molecule is CCC(C)C(=O)Nc1ccc(Oc2c(C)c(C(=O)O)nn2-c2ccc(C)cc2)c(S(=O)(=O)NCc2ccco2)c1. The number of amides is 1. The average Bonchev–Trinajstić information content (AvgIpc) is 3.56. The molecule has 1 unspecified atom stereocenters. The first-order valence-corrected chi connectivity index (χ1v) is 14.0. The number of aromatic carboxylic acids is 1. The Morgan fingerprint density at radius 1 is 1.12 bits per heavy atom. The number of nitrogens with zero attached hydrogens (tertiary/aromatic N) is 2. The Kier molecular flexibility index (Phi) is 8.40. The molecule has 0 aliphatic carbocycles. The second-order valence-corrected chi connectivity index (χ2v) is 11.0. The van der Waals surface area contributed by atoms with E-state index in [1.165, 1.54) is 36.1 Å². The number of rotatable bonds is 11. The van der Waals surface area contributed by atoms with Crippen LogP contribution in [0.15, 0.2) is 70.2 Å². The maximum absolute atomic E-state index is 13.5. The molecule has 12 heteroatoms. The van der Waals surface area contributed by atoms with Crippen molar-refractivity contribution in [1.29, 1.82) is 0 Å². The average molecular weight is 567 g/mol. The molecule has 0 aliphatic rings. The van der Waals surface area contributed by atoms with Gasteiger partial charge in [0.1, 0.15) is 16.4 Å². The molecule has 3 N–H and O–H groups in total.